The third-order valence-electron chi connectivity index (χ3n) is 7.98. The minimum absolute atomic E-state index is 0.219. The lowest BCUT2D eigenvalue weighted by Gasteiger charge is -2.15. The Labute approximate surface area is 326 Å². The van der Waals surface area contributed by atoms with E-state index in [2.05, 4.69) is 141 Å². The maximum Gasteiger partial charge on any atom is 0.306 e. The zero-order valence-corrected chi connectivity index (χ0v) is 33.7. The minimum atomic E-state index is -0.594. The number of ether oxygens (including phenoxy) is 2. The predicted molar refractivity (Wildman–Crippen MR) is 232 cm³/mol. The fraction of sp³-hybridized carbons (Fsp3) is 0.531. The Balaban J connectivity index is 3.66. The van der Waals surface area contributed by atoms with Crippen molar-refractivity contribution in [3.05, 3.63) is 134 Å². The molecule has 0 aliphatic heterocycles. The van der Waals surface area contributed by atoms with Crippen molar-refractivity contribution in [3.63, 3.8) is 0 Å². The Bertz CT molecular complexity index is 1130. The molecular weight excluding hydrogens is 653 g/mol. The van der Waals surface area contributed by atoms with Crippen LogP contribution in [0.2, 0.25) is 0 Å². The van der Waals surface area contributed by atoms with Gasteiger partial charge < -0.3 is 14.6 Å². The molecule has 53 heavy (non-hydrogen) atoms. The summed E-state index contributed by atoms with van der Waals surface area (Å²) in [5, 5.41) is 9.59. The third-order valence-corrected chi connectivity index (χ3v) is 7.98. The third kappa shape index (κ3) is 42.8. The van der Waals surface area contributed by atoms with E-state index in [1.807, 2.05) is 6.08 Å². The van der Waals surface area contributed by atoms with Gasteiger partial charge in [-0.25, -0.2) is 0 Å². The van der Waals surface area contributed by atoms with Crippen LogP contribution < -0.4 is 0 Å². The molecular formula is C49H76O4. The van der Waals surface area contributed by atoms with Crippen molar-refractivity contribution in [3.8, 4) is 0 Å². The van der Waals surface area contributed by atoms with Gasteiger partial charge in [-0.05, 0) is 96.3 Å². The van der Waals surface area contributed by atoms with Gasteiger partial charge in [-0.3, -0.25) is 4.79 Å². The molecule has 0 rings (SSSR count). The smallest absolute Gasteiger partial charge is 0.306 e. The van der Waals surface area contributed by atoms with Crippen molar-refractivity contribution >= 4 is 5.97 Å². The zero-order valence-electron chi connectivity index (χ0n) is 33.7. The van der Waals surface area contributed by atoms with Crippen molar-refractivity contribution in [2.45, 2.75) is 148 Å². The van der Waals surface area contributed by atoms with Gasteiger partial charge in [0.2, 0.25) is 0 Å². The summed E-state index contributed by atoms with van der Waals surface area (Å²) in [5.41, 5.74) is 0. The maximum atomic E-state index is 12.2. The monoisotopic (exact) mass is 729 g/mol. The van der Waals surface area contributed by atoms with Crippen LogP contribution in [0.25, 0.3) is 0 Å². The van der Waals surface area contributed by atoms with Gasteiger partial charge in [0.25, 0.3) is 0 Å². The molecule has 1 atom stereocenters. The molecule has 4 nitrogen and oxygen atoms in total. The van der Waals surface area contributed by atoms with Gasteiger partial charge in [-0.15, -0.1) is 0 Å². The molecule has 0 aliphatic carbocycles. The topological polar surface area (TPSA) is 55.8 Å². The highest BCUT2D eigenvalue weighted by Gasteiger charge is 2.13. The van der Waals surface area contributed by atoms with Gasteiger partial charge in [-0.2, -0.15) is 0 Å². The lowest BCUT2D eigenvalue weighted by molar-refractivity contribution is -0.154. The molecule has 0 aromatic heterocycles. The van der Waals surface area contributed by atoms with Gasteiger partial charge >= 0.3 is 5.97 Å². The van der Waals surface area contributed by atoms with Gasteiger partial charge in [0.15, 0.2) is 0 Å². The van der Waals surface area contributed by atoms with Crippen LogP contribution in [0.4, 0.5) is 0 Å². The Morgan fingerprint density at radius 3 is 1.19 bits per heavy atom. The summed E-state index contributed by atoms with van der Waals surface area (Å²) in [5.74, 6) is -0.295. The number of unbranched alkanes of at least 4 members (excludes halogenated alkanes) is 6. The van der Waals surface area contributed by atoms with Crippen LogP contribution in [0, 0.1) is 0 Å². The molecule has 0 aromatic rings. The second kappa shape index (κ2) is 44.7. The average Bonchev–Trinajstić information content (AvgIpc) is 3.16. The number of hydrogen-bond donors (Lipinski definition) is 1. The Morgan fingerprint density at radius 1 is 0.453 bits per heavy atom. The van der Waals surface area contributed by atoms with Gasteiger partial charge in [-0.1, -0.05) is 173 Å². The van der Waals surface area contributed by atoms with Crippen LogP contribution in [-0.4, -0.2) is 37.0 Å². The Morgan fingerprint density at radius 2 is 0.792 bits per heavy atom. The molecule has 0 bridgehead atoms. The number of allylic oxidation sites excluding steroid dienone is 22. The number of esters is 1. The van der Waals surface area contributed by atoms with Crippen LogP contribution >= 0.6 is 0 Å². The average molecular weight is 729 g/mol. The highest BCUT2D eigenvalue weighted by atomic mass is 16.6. The van der Waals surface area contributed by atoms with E-state index >= 15 is 0 Å². The quantitative estimate of drug-likeness (QED) is 0.0396. The molecule has 1 unspecified atom stereocenters. The molecule has 0 spiro atoms. The fourth-order valence-electron chi connectivity index (χ4n) is 4.97. The molecule has 0 aromatic carbocycles. The highest BCUT2D eigenvalue weighted by Crippen LogP contribution is 2.09. The summed E-state index contributed by atoms with van der Waals surface area (Å²) >= 11 is 0. The van der Waals surface area contributed by atoms with Crippen molar-refractivity contribution in [2.24, 2.45) is 0 Å². The molecule has 1 N–H and O–H groups in total. The second-order valence-corrected chi connectivity index (χ2v) is 12.9. The molecule has 0 saturated carbocycles. The SMILES string of the molecule is CC/C=C\C/C=C\C/C=C\C/C=C\C/C=C\C/C=C\CCC(=O)OC(CO)COCCCCCCCC/C=C\C/C=C\C/C=C\C/C=C\C/C=C\CC. The Kier molecular flexibility index (Phi) is 41.8. The molecule has 4 heteroatoms. The number of rotatable bonds is 36. The molecule has 296 valence electrons. The largest absolute Gasteiger partial charge is 0.457 e. The van der Waals surface area contributed by atoms with Crippen molar-refractivity contribution < 1.29 is 19.4 Å². The van der Waals surface area contributed by atoms with E-state index < -0.39 is 6.10 Å². The molecule has 0 heterocycles. The number of hydrogen-bond acceptors (Lipinski definition) is 4. The van der Waals surface area contributed by atoms with E-state index in [4.69, 9.17) is 9.47 Å². The standard InChI is InChI=1S/C49H76O4/c1-3-5-7-9-11-13-15-17-19-21-23-24-25-27-29-31-33-35-37-39-41-43-45-52-47-48(46-50)53-49(51)44-42-40-38-36-34-32-30-28-26-22-20-18-16-14-12-10-8-6-4-2/h5-8,11-14,17-20,23-24,26-29,32,34,38,40,48,50H,3-4,9-10,15-16,21-22,25,30-31,33,35-37,39,41-47H2,1-2H3/b7-5-,8-6-,13-11-,14-12-,19-17-,20-18-,24-23-,28-26-,29-27-,34-32-,40-38-. The molecule has 0 saturated heterocycles. The van der Waals surface area contributed by atoms with Crippen LogP contribution in [0.5, 0.6) is 0 Å². The molecule has 0 aliphatic rings. The number of aliphatic hydroxyl groups excluding tert-OH is 1. The maximum absolute atomic E-state index is 12.2. The summed E-state index contributed by atoms with van der Waals surface area (Å²) in [4.78, 5) is 12.2. The lowest BCUT2D eigenvalue weighted by atomic mass is 10.1. The van der Waals surface area contributed by atoms with Crippen molar-refractivity contribution in [1.82, 2.24) is 0 Å². The van der Waals surface area contributed by atoms with E-state index in [1.54, 1.807) is 0 Å². The molecule has 0 radical (unpaired) electrons. The Hall–Kier alpha value is -3.47. The predicted octanol–water partition coefficient (Wildman–Crippen LogP) is 13.9. The van der Waals surface area contributed by atoms with Gasteiger partial charge in [0.1, 0.15) is 6.10 Å². The second-order valence-electron chi connectivity index (χ2n) is 12.9. The number of carbonyl (C=O) groups excluding carboxylic acids is 1. The number of carbonyl (C=O) groups is 1. The summed E-state index contributed by atoms with van der Waals surface area (Å²) in [6.07, 6.45) is 68.0. The normalized spacial score (nSPS) is 13.8. The first-order valence-electron chi connectivity index (χ1n) is 20.8. The lowest BCUT2D eigenvalue weighted by Crippen LogP contribution is -2.27. The summed E-state index contributed by atoms with van der Waals surface area (Å²) in [6.45, 7) is 4.97. The summed E-state index contributed by atoms with van der Waals surface area (Å²) < 4.78 is 11.1. The van der Waals surface area contributed by atoms with Crippen molar-refractivity contribution in [2.75, 3.05) is 19.8 Å². The first-order valence-corrected chi connectivity index (χ1v) is 20.8. The van der Waals surface area contributed by atoms with Crippen LogP contribution in [0.3, 0.4) is 0 Å². The van der Waals surface area contributed by atoms with Crippen LogP contribution in [0.15, 0.2) is 134 Å². The highest BCUT2D eigenvalue weighted by molar-refractivity contribution is 5.69. The van der Waals surface area contributed by atoms with Crippen LogP contribution in [-0.2, 0) is 14.3 Å². The first-order chi connectivity index (χ1) is 26.2. The van der Waals surface area contributed by atoms with Gasteiger partial charge in [0, 0.05) is 13.0 Å². The molecule has 0 amide bonds. The first kappa shape index (κ1) is 49.5. The van der Waals surface area contributed by atoms with Crippen molar-refractivity contribution in [1.29, 1.82) is 0 Å². The molecule has 0 fully saturated rings. The van der Waals surface area contributed by atoms with E-state index in [1.165, 1.54) is 25.7 Å². The fourth-order valence-corrected chi connectivity index (χ4v) is 4.97. The van der Waals surface area contributed by atoms with E-state index in [-0.39, 0.29) is 19.2 Å². The van der Waals surface area contributed by atoms with E-state index in [0.29, 0.717) is 19.4 Å². The summed E-state index contributed by atoms with van der Waals surface area (Å²) in [7, 11) is 0. The van der Waals surface area contributed by atoms with Crippen LogP contribution in [0.1, 0.15) is 142 Å². The zero-order chi connectivity index (χ0) is 38.4. The minimum Gasteiger partial charge on any atom is -0.457 e. The van der Waals surface area contributed by atoms with Gasteiger partial charge in [0.05, 0.1) is 13.2 Å². The summed E-state index contributed by atoms with van der Waals surface area (Å²) in [6, 6.07) is 0. The van der Waals surface area contributed by atoms with E-state index in [0.717, 1.165) is 89.9 Å². The number of aliphatic hydroxyl groups is 1. The van der Waals surface area contributed by atoms with E-state index in [9.17, 15) is 9.90 Å².